The Morgan fingerprint density at radius 3 is 2.29 bits per heavy atom. The molecule has 1 rings (SSSR count). The summed E-state index contributed by atoms with van der Waals surface area (Å²) in [4.78, 5) is 36.0. The summed E-state index contributed by atoms with van der Waals surface area (Å²) >= 11 is 0. The number of hydrogen-bond donors (Lipinski definition) is 1. The van der Waals surface area contributed by atoms with Gasteiger partial charge >= 0.3 is 17.8 Å². The number of carbonyl (C=O) groups excluding carboxylic acids is 3. The zero-order valence-electron chi connectivity index (χ0n) is 8.40. The summed E-state index contributed by atoms with van der Waals surface area (Å²) in [6.07, 6.45) is 0. The Morgan fingerprint density at radius 1 is 1.36 bits per heavy atom. The molecule has 6 nitrogen and oxygen atoms in total. The Morgan fingerprint density at radius 2 is 1.93 bits per heavy atom. The maximum absolute atomic E-state index is 11.2. The Bertz CT molecular complexity index is 288. The van der Waals surface area contributed by atoms with Crippen LogP contribution in [0, 0.1) is 0 Å². The fourth-order valence-corrected chi connectivity index (χ4v) is 1.42. The molecule has 14 heavy (non-hydrogen) atoms. The van der Waals surface area contributed by atoms with Gasteiger partial charge < -0.3 is 4.90 Å². The molecule has 1 aliphatic rings. The van der Waals surface area contributed by atoms with Gasteiger partial charge in [0.05, 0.1) is 6.04 Å². The standard InChI is InChI=1S/C8H13N3O3/c1-5(4-10(2)3)11-7(13)6(12)9-8(11)14/h5H,4H2,1-3H3,(H,9,12,14). The lowest BCUT2D eigenvalue weighted by atomic mass is 10.3. The first-order valence-corrected chi connectivity index (χ1v) is 4.26. The second-order valence-electron chi connectivity index (χ2n) is 3.55. The van der Waals surface area contributed by atoms with Crippen LogP contribution in [0.3, 0.4) is 0 Å². The lowest BCUT2D eigenvalue weighted by Gasteiger charge is -2.23. The van der Waals surface area contributed by atoms with Crippen LogP contribution >= 0.6 is 0 Å². The molecular weight excluding hydrogens is 186 g/mol. The van der Waals surface area contributed by atoms with Gasteiger partial charge in [-0.3, -0.25) is 19.8 Å². The number of nitrogens with zero attached hydrogens (tertiary/aromatic N) is 2. The Labute approximate surface area is 81.8 Å². The molecule has 0 aromatic rings. The average molecular weight is 199 g/mol. The minimum Gasteiger partial charge on any atom is -0.307 e. The van der Waals surface area contributed by atoms with E-state index in [1.54, 1.807) is 6.92 Å². The number of carbonyl (C=O) groups is 3. The number of urea groups is 1. The molecular formula is C8H13N3O3. The second-order valence-corrected chi connectivity index (χ2v) is 3.55. The van der Waals surface area contributed by atoms with Gasteiger partial charge in [0.15, 0.2) is 0 Å². The van der Waals surface area contributed by atoms with Gasteiger partial charge in [0.25, 0.3) is 0 Å². The summed E-state index contributed by atoms with van der Waals surface area (Å²) < 4.78 is 0. The maximum Gasteiger partial charge on any atom is 0.331 e. The van der Waals surface area contributed by atoms with Crippen LogP contribution in [0.25, 0.3) is 0 Å². The molecule has 1 heterocycles. The summed E-state index contributed by atoms with van der Waals surface area (Å²) in [6, 6.07) is -0.932. The van der Waals surface area contributed by atoms with E-state index in [1.165, 1.54) is 0 Å². The van der Waals surface area contributed by atoms with Crippen molar-refractivity contribution in [2.75, 3.05) is 20.6 Å². The van der Waals surface area contributed by atoms with Gasteiger partial charge in [-0.2, -0.15) is 0 Å². The largest absolute Gasteiger partial charge is 0.331 e. The zero-order valence-corrected chi connectivity index (χ0v) is 8.40. The van der Waals surface area contributed by atoms with Crippen molar-refractivity contribution in [2.24, 2.45) is 0 Å². The van der Waals surface area contributed by atoms with Crippen LogP contribution < -0.4 is 5.32 Å². The molecule has 0 bridgehead atoms. The first-order valence-electron chi connectivity index (χ1n) is 4.26. The van der Waals surface area contributed by atoms with Crippen LogP contribution in [0.15, 0.2) is 0 Å². The number of rotatable bonds is 3. The molecule has 1 unspecified atom stereocenters. The molecule has 0 aromatic carbocycles. The highest BCUT2D eigenvalue weighted by Gasteiger charge is 2.39. The molecule has 78 valence electrons. The topological polar surface area (TPSA) is 69.7 Å². The van der Waals surface area contributed by atoms with Crippen LogP contribution in [-0.2, 0) is 9.59 Å². The van der Waals surface area contributed by atoms with Crippen LogP contribution in [-0.4, -0.2) is 54.3 Å². The van der Waals surface area contributed by atoms with Crippen molar-refractivity contribution in [1.82, 2.24) is 15.1 Å². The number of imide groups is 2. The normalized spacial score (nSPS) is 19.1. The predicted octanol–water partition coefficient (Wildman–Crippen LogP) is -0.985. The summed E-state index contributed by atoms with van der Waals surface area (Å²) in [5.74, 6) is -1.62. The lowest BCUT2D eigenvalue weighted by Crippen LogP contribution is -2.44. The first-order chi connectivity index (χ1) is 6.43. The van der Waals surface area contributed by atoms with Crippen LogP contribution in [0.5, 0.6) is 0 Å². The van der Waals surface area contributed by atoms with E-state index in [-0.39, 0.29) is 6.04 Å². The SMILES string of the molecule is CC(CN(C)C)N1C(=O)NC(=O)C1=O. The molecule has 6 heteroatoms. The van der Waals surface area contributed by atoms with Crippen molar-refractivity contribution in [2.45, 2.75) is 13.0 Å². The van der Waals surface area contributed by atoms with Gasteiger partial charge in [-0.05, 0) is 21.0 Å². The minimum absolute atomic E-state index is 0.302. The van der Waals surface area contributed by atoms with Gasteiger partial charge in [-0.1, -0.05) is 0 Å². The fraction of sp³-hybridized carbons (Fsp3) is 0.625. The highest BCUT2D eigenvalue weighted by molar-refractivity contribution is 6.44. The second kappa shape index (κ2) is 3.75. The highest BCUT2D eigenvalue weighted by atomic mass is 16.2. The average Bonchev–Trinajstić information content (AvgIpc) is 2.25. The Kier molecular flexibility index (Phi) is 2.85. The molecule has 1 fully saturated rings. The summed E-state index contributed by atoms with van der Waals surface area (Å²) in [5.41, 5.74) is 0. The number of likely N-dealkylation sites (N-methyl/N-ethyl adjacent to an activating group) is 1. The third-order valence-corrected chi connectivity index (χ3v) is 1.92. The van der Waals surface area contributed by atoms with Gasteiger partial charge in [-0.25, -0.2) is 4.79 Å². The molecule has 0 aliphatic carbocycles. The van der Waals surface area contributed by atoms with Gasteiger partial charge in [0.2, 0.25) is 0 Å². The van der Waals surface area contributed by atoms with Crippen LogP contribution in [0.1, 0.15) is 6.92 Å². The Hall–Kier alpha value is -1.43. The number of amides is 4. The molecule has 1 N–H and O–H groups in total. The third kappa shape index (κ3) is 1.90. The molecule has 1 aliphatic heterocycles. The molecule has 0 aromatic heterocycles. The summed E-state index contributed by atoms with van der Waals surface area (Å²) in [7, 11) is 3.66. The van der Waals surface area contributed by atoms with E-state index in [9.17, 15) is 14.4 Å². The summed E-state index contributed by atoms with van der Waals surface area (Å²) in [6.45, 7) is 2.25. The molecule has 1 atom stereocenters. The van der Waals surface area contributed by atoms with Crippen LogP contribution in [0.2, 0.25) is 0 Å². The van der Waals surface area contributed by atoms with Crippen molar-refractivity contribution in [1.29, 1.82) is 0 Å². The predicted molar refractivity (Wildman–Crippen MR) is 48.4 cm³/mol. The molecule has 1 saturated heterocycles. The molecule has 4 amide bonds. The zero-order chi connectivity index (χ0) is 10.9. The van der Waals surface area contributed by atoms with E-state index >= 15 is 0 Å². The molecule has 0 saturated carbocycles. The highest BCUT2D eigenvalue weighted by Crippen LogP contribution is 2.07. The maximum atomic E-state index is 11.2. The Balaban J connectivity index is 2.72. The van der Waals surface area contributed by atoms with Crippen molar-refractivity contribution in [3.05, 3.63) is 0 Å². The molecule has 0 spiro atoms. The number of hydrogen-bond acceptors (Lipinski definition) is 4. The van der Waals surface area contributed by atoms with Crippen molar-refractivity contribution < 1.29 is 14.4 Å². The monoisotopic (exact) mass is 199 g/mol. The third-order valence-electron chi connectivity index (χ3n) is 1.92. The van der Waals surface area contributed by atoms with Crippen molar-refractivity contribution in [3.63, 3.8) is 0 Å². The van der Waals surface area contributed by atoms with Gasteiger partial charge in [0.1, 0.15) is 0 Å². The molecule has 0 radical (unpaired) electrons. The first kappa shape index (κ1) is 10.6. The minimum atomic E-state index is -0.847. The van der Waals surface area contributed by atoms with Crippen molar-refractivity contribution in [3.8, 4) is 0 Å². The van der Waals surface area contributed by atoms with E-state index in [0.717, 1.165) is 4.90 Å². The van der Waals surface area contributed by atoms with Crippen molar-refractivity contribution >= 4 is 17.8 Å². The summed E-state index contributed by atoms with van der Waals surface area (Å²) in [5, 5.41) is 1.95. The van der Waals surface area contributed by atoms with E-state index in [4.69, 9.17) is 0 Å². The fourth-order valence-electron chi connectivity index (χ4n) is 1.42. The van der Waals surface area contributed by atoms with Crippen LogP contribution in [0.4, 0.5) is 4.79 Å². The van der Waals surface area contributed by atoms with E-state index in [1.807, 2.05) is 24.3 Å². The van der Waals surface area contributed by atoms with E-state index in [0.29, 0.717) is 6.54 Å². The lowest BCUT2D eigenvalue weighted by molar-refractivity contribution is -0.141. The van der Waals surface area contributed by atoms with E-state index < -0.39 is 17.8 Å². The van der Waals surface area contributed by atoms with E-state index in [2.05, 4.69) is 0 Å². The van der Waals surface area contributed by atoms with Gasteiger partial charge in [0, 0.05) is 6.54 Å². The quantitative estimate of drug-likeness (QED) is 0.468. The smallest absolute Gasteiger partial charge is 0.307 e. The van der Waals surface area contributed by atoms with Gasteiger partial charge in [-0.15, -0.1) is 0 Å². The number of nitrogens with one attached hydrogen (secondary N) is 1.